The number of thiophene rings is 1. The summed E-state index contributed by atoms with van der Waals surface area (Å²) in [7, 11) is 0. The van der Waals surface area contributed by atoms with Gasteiger partial charge in [0.15, 0.2) is 0 Å². The summed E-state index contributed by atoms with van der Waals surface area (Å²) in [5.74, 6) is 0.568. The van der Waals surface area contributed by atoms with Crippen LogP contribution in [0.25, 0.3) is 0 Å². The molecule has 1 amide bonds. The van der Waals surface area contributed by atoms with E-state index >= 15 is 0 Å². The monoisotopic (exact) mass is 257 g/mol. The Morgan fingerprint density at radius 2 is 2.06 bits per heavy atom. The molecule has 0 radical (unpaired) electrons. The van der Waals surface area contributed by atoms with E-state index in [1.165, 1.54) is 10.4 Å². The lowest BCUT2D eigenvalue weighted by molar-refractivity contribution is 0.0950. The van der Waals surface area contributed by atoms with Gasteiger partial charge in [-0.05, 0) is 36.9 Å². The Kier molecular flexibility index (Phi) is 2.92. The molecule has 0 spiro atoms. The lowest BCUT2D eigenvalue weighted by atomic mass is 10.1. The number of amides is 1. The van der Waals surface area contributed by atoms with Crippen LogP contribution in [0.3, 0.4) is 0 Å². The highest BCUT2D eigenvalue weighted by Crippen LogP contribution is 2.42. The maximum Gasteiger partial charge on any atom is 0.251 e. The molecule has 1 aliphatic carbocycles. The number of hydrogen-bond donors (Lipinski definition) is 1. The lowest BCUT2D eigenvalue weighted by Crippen LogP contribution is -2.26. The Morgan fingerprint density at radius 1 is 1.28 bits per heavy atom. The van der Waals surface area contributed by atoms with E-state index in [0.717, 1.165) is 12.0 Å². The Morgan fingerprint density at radius 3 is 2.72 bits per heavy atom. The minimum absolute atomic E-state index is 0.0408. The van der Waals surface area contributed by atoms with Crippen LogP contribution >= 0.6 is 11.3 Å². The van der Waals surface area contributed by atoms with Gasteiger partial charge in [0.05, 0.1) is 0 Å². The first-order valence-corrected chi connectivity index (χ1v) is 7.03. The zero-order valence-corrected chi connectivity index (χ0v) is 11.0. The van der Waals surface area contributed by atoms with Crippen LogP contribution in [-0.2, 0) is 0 Å². The predicted octanol–water partition coefficient (Wildman–Crippen LogP) is 3.34. The molecular formula is C15H15NOS. The standard InChI is InChI=1S/C15H15NOS/c1-10-4-6-11(7-5-10)15(17)16-13-9-12(13)14-3-2-8-18-14/h2-8,12-13H,9H2,1H3,(H,16,17). The Balaban J connectivity index is 1.61. The number of carbonyl (C=O) groups is 1. The molecule has 3 heteroatoms. The van der Waals surface area contributed by atoms with Crippen LogP contribution in [-0.4, -0.2) is 11.9 Å². The van der Waals surface area contributed by atoms with Crippen LogP contribution in [0.1, 0.15) is 33.1 Å². The molecule has 1 aromatic carbocycles. The van der Waals surface area contributed by atoms with Crippen molar-refractivity contribution in [2.24, 2.45) is 0 Å². The third-order valence-electron chi connectivity index (χ3n) is 3.33. The van der Waals surface area contributed by atoms with Gasteiger partial charge in [-0.3, -0.25) is 4.79 Å². The van der Waals surface area contributed by atoms with Crippen LogP contribution in [0.15, 0.2) is 41.8 Å². The molecule has 1 saturated carbocycles. The normalized spacial score (nSPS) is 21.6. The van der Waals surface area contributed by atoms with Crippen molar-refractivity contribution >= 4 is 17.2 Å². The zero-order valence-electron chi connectivity index (χ0n) is 10.2. The van der Waals surface area contributed by atoms with E-state index in [-0.39, 0.29) is 5.91 Å². The van der Waals surface area contributed by atoms with Gasteiger partial charge in [0.2, 0.25) is 0 Å². The first-order chi connectivity index (χ1) is 8.74. The minimum Gasteiger partial charge on any atom is -0.349 e. The van der Waals surface area contributed by atoms with Gasteiger partial charge in [-0.1, -0.05) is 23.8 Å². The third kappa shape index (κ3) is 2.31. The number of aryl methyl sites for hydroxylation is 1. The molecule has 0 saturated heterocycles. The van der Waals surface area contributed by atoms with Crippen LogP contribution in [0.5, 0.6) is 0 Å². The SMILES string of the molecule is Cc1ccc(C(=O)NC2CC2c2cccs2)cc1. The van der Waals surface area contributed by atoms with Gasteiger partial charge in [-0.15, -0.1) is 11.3 Å². The van der Waals surface area contributed by atoms with Gasteiger partial charge >= 0.3 is 0 Å². The summed E-state index contributed by atoms with van der Waals surface area (Å²) in [4.78, 5) is 13.4. The molecule has 1 fully saturated rings. The van der Waals surface area contributed by atoms with E-state index in [1.54, 1.807) is 11.3 Å². The molecule has 2 nitrogen and oxygen atoms in total. The molecule has 0 bridgehead atoms. The summed E-state index contributed by atoms with van der Waals surface area (Å²) < 4.78 is 0. The summed E-state index contributed by atoms with van der Waals surface area (Å²) in [6.07, 6.45) is 1.07. The Bertz CT molecular complexity index is 544. The highest BCUT2D eigenvalue weighted by molar-refractivity contribution is 7.10. The van der Waals surface area contributed by atoms with E-state index < -0.39 is 0 Å². The fraction of sp³-hybridized carbons (Fsp3) is 0.267. The van der Waals surface area contributed by atoms with E-state index in [9.17, 15) is 4.79 Å². The van der Waals surface area contributed by atoms with Gasteiger partial charge in [0.1, 0.15) is 0 Å². The number of benzene rings is 1. The van der Waals surface area contributed by atoms with E-state index in [4.69, 9.17) is 0 Å². The van der Waals surface area contributed by atoms with Crippen molar-refractivity contribution in [3.63, 3.8) is 0 Å². The molecule has 1 aliphatic rings. The van der Waals surface area contributed by atoms with Gasteiger partial charge in [0, 0.05) is 22.4 Å². The summed E-state index contributed by atoms with van der Waals surface area (Å²) in [6.45, 7) is 2.02. The first kappa shape index (κ1) is 11.5. The topological polar surface area (TPSA) is 29.1 Å². The molecule has 3 rings (SSSR count). The average molecular weight is 257 g/mol. The maximum atomic E-state index is 12.0. The zero-order chi connectivity index (χ0) is 12.5. The van der Waals surface area contributed by atoms with Crippen LogP contribution in [0.4, 0.5) is 0 Å². The predicted molar refractivity (Wildman–Crippen MR) is 74.1 cm³/mol. The molecule has 1 N–H and O–H groups in total. The molecule has 2 aromatic rings. The lowest BCUT2D eigenvalue weighted by Gasteiger charge is -2.04. The molecule has 1 aromatic heterocycles. The quantitative estimate of drug-likeness (QED) is 0.897. The van der Waals surface area contributed by atoms with Gasteiger partial charge in [-0.2, -0.15) is 0 Å². The average Bonchev–Trinajstić information content (AvgIpc) is 2.92. The summed E-state index contributed by atoms with van der Waals surface area (Å²) >= 11 is 1.77. The second-order valence-corrected chi connectivity index (χ2v) is 5.78. The maximum absolute atomic E-state index is 12.0. The fourth-order valence-corrected chi connectivity index (χ4v) is 3.03. The first-order valence-electron chi connectivity index (χ1n) is 6.15. The van der Waals surface area contributed by atoms with Crippen molar-refractivity contribution in [3.05, 3.63) is 57.8 Å². The minimum atomic E-state index is 0.0408. The van der Waals surface area contributed by atoms with Gasteiger partial charge in [-0.25, -0.2) is 0 Å². The summed E-state index contributed by atoms with van der Waals surface area (Å²) in [5.41, 5.74) is 1.92. The molecule has 18 heavy (non-hydrogen) atoms. The van der Waals surface area contributed by atoms with Crippen molar-refractivity contribution in [2.45, 2.75) is 25.3 Å². The smallest absolute Gasteiger partial charge is 0.251 e. The molecule has 0 aliphatic heterocycles. The number of hydrogen-bond acceptors (Lipinski definition) is 2. The summed E-state index contributed by atoms with van der Waals surface area (Å²) in [6, 6.07) is 12.2. The van der Waals surface area contributed by atoms with Gasteiger partial charge < -0.3 is 5.32 Å². The van der Waals surface area contributed by atoms with Crippen molar-refractivity contribution in [3.8, 4) is 0 Å². The second-order valence-electron chi connectivity index (χ2n) is 4.80. The second kappa shape index (κ2) is 4.58. The number of nitrogens with one attached hydrogen (secondary N) is 1. The van der Waals surface area contributed by atoms with Crippen LogP contribution in [0.2, 0.25) is 0 Å². The van der Waals surface area contributed by atoms with Crippen molar-refractivity contribution in [1.29, 1.82) is 0 Å². The molecular weight excluding hydrogens is 242 g/mol. The molecule has 92 valence electrons. The third-order valence-corrected chi connectivity index (χ3v) is 4.33. The number of carbonyl (C=O) groups excluding carboxylic acids is 1. The van der Waals surface area contributed by atoms with Crippen molar-refractivity contribution < 1.29 is 4.79 Å². The van der Waals surface area contributed by atoms with E-state index in [0.29, 0.717) is 12.0 Å². The fourth-order valence-electron chi connectivity index (χ4n) is 2.13. The highest BCUT2D eigenvalue weighted by Gasteiger charge is 2.40. The molecule has 1 heterocycles. The van der Waals surface area contributed by atoms with Crippen LogP contribution in [0, 0.1) is 6.92 Å². The highest BCUT2D eigenvalue weighted by atomic mass is 32.1. The number of rotatable bonds is 3. The van der Waals surface area contributed by atoms with Crippen molar-refractivity contribution in [1.82, 2.24) is 5.32 Å². The van der Waals surface area contributed by atoms with Gasteiger partial charge in [0.25, 0.3) is 5.91 Å². The molecule has 2 unspecified atom stereocenters. The van der Waals surface area contributed by atoms with Crippen LogP contribution < -0.4 is 5.32 Å². The van der Waals surface area contributed by atoms with Crippen molar-refractivity contribution in [2.75, 3.05) is 0 Å². The Hall–Kier alpha value is -1.61. The van der Waals surface area contributed by atoms with E-state index in [1.807, 2.05) is 31.2 Å². The summed E-state index contributed by atoms with van der Waals surface area (Å²) in [5, 5.41) is 5.19. The molecule has 2 atom stereocenters. The van der Waals surface area contributed by atoms with E-state index in [2.05, 4.69) is 22.8 Å². The largest absolute Gasteiger partial charge is 0.349 e. The Labute approximate surface area is 111 Å².